The summed E-state index contributed by atoms with van der Waals surface area (Å²) >= 11 is 7.59. The van der Waals surface area contributed by atoms with Gasteiger partial charge in [0, 0.05) is 27.1 Å². The van der Waals surface area contributed by atoms with Crippen molar-refractivity contribution in [2.24, 2.45) is 4.99 Å². The van der Waals surface area contributed by atoms with Crippen LogP contribution in [0, 0.1) is 13.8 Å². The van der Waals surface area contributed by atoms with Gasteiger partial charge in [-0.25, -0.2) is 9.79 Å². The number of benzene rings is 4. The Morgan fingerprint density at radius 2 is 1.65 bits per heavy atom. The molecule has 0 amide bonds. The number of fused-ring (bicyclic) bond motifs is 2. The number of nitrogens with one attached hydrogen (secondary N) is 1. The van der Waals surface area contributed by atoms with Crippen LogP contribution in [-0.2, 0) is 9.53 Å². The first-order valence-corrected chi connectivity index (χ1v) is 16.3. The van der Waals surface area contributed by atoms with E-state index >= 15 is 0 Å². The second-order valence-electron chi connectivity index (χ2n) is 11.3. The van der Waals surface area contributed by atoms with E-state index < -0.39 is 12.0 Å². The Balaban J connectivity index is 1.55. The van der Waals surface area contributed by atoms with Crippen LogP contribution in [0.15, 0.2) is 112 Å². The molecule has 0 radical (unpaired) electrons. The van der Waals surface area contributed by atoms with Gasteiger partial charge < -0.3 is 9.72 Å². The Labute approximate surface area is 274 Å². The molecule has 3 heterocycles. The molecule has 0 aliphatic carbocycles. The Kier molecular flexibility index (Phi) is 7.80. The number of halogens is 1. The summed E-state index contributed by atoms with van der Waals surface area (Å²) in [7, 11) is 0. The topological polar surface area (TPSA) is 76.4 Å². The Morgan fingerprint density at radius 1 is 0.978 bits per heavy atom. The van der Waals surface area contributed by atoms with E-state index in [2.05, 4.69) is 43.1 Å². The van der Waals surface area contributed by atoms with Crippen LogP contribution >= 0.6 is 22.9 Å². The minimum atomic E-state index is -0.772. The number of hydrogen-bond donors (Lipinski definition) is 1. The van der Waals surface area contributed by atoms with Crippen molar-refractivity contribution in [3.63, 3.8) is 0 Å². The van der Waals surface area contributed by atoms with Crippen molar-refractivity contribution in [2.75, 3.05) is 6.61 Å². The lowest BCUT2D eigenvalue weighted by molar-refractivity contribution is -0.138. The molecule has 46 heavy (non-hydrogen) atoms. The molecule has 4 aromatic carbocycles. The van der Waals surface area contributed by atoms with E-state index in [1.165, 1.54) is 11.3 Å². The molecule has 1 aliphatic rings. The second-order valence-corrected chi connectivity index (χ2v) is 12.7. The maximum atomic E-state index is 14.5. The number of carbonyl (C=O) groups is 1. The van der Waals surface area contributed by atoms with Crippen LogP contribution in [0.25, 0.3) is 33.9 Å². The van der Waals surface area contributed by atoms with Crippen molar-refractivity contribution < 1.29 is 9.53 Å². The number of hydrogen-bond acceptors (Lipinski definition) is 5. The highest BCUT2D eigenvalue weighted by molar-refractivity contribution is 7.07. The number of rotatable bonds is 6. The molecule has 228 valence electrons. The van der Waals surface area contributed by atoms with Gasteiger partial charge >= 0.3 is 5.97 Å². The summed E-state index contributed by atoms with van der Waals surface area (Å²) in [5, 5.41) is 1.59. The quantitative estimate of drug-likeness (QED) is 0.193. The summed E-state index contributed by atoms with van der Waals surface area (Å²) in [6.45, 7) is 6.12. The zero-order valence-electron chi connectivity index (χ0n) is 25.5. The number of carbonyl (C=O) groups excluding carboxylic acids is 1. The lowest BCUT2D eigenvalue weighted by Gasteiger charge is -2.25. The van der Waals surface area contributed by atoms with Gasteiger partial charge in [0.15, 0.2) is 4.80 Å². The van der Waals surface area contributed by atoms with E-state index in [-0.39, 0.29) is 12.2 Å². The summed E-state index contributed by atoms with van der Waals surface area (Å²) in [6.07, 6.45) is 1.96. The number of ether oxygens (including phenoxy) is 1. The molecular weight excluding hydrogens is 614 g/mol. The van der Waals surface area contributed by atoms with E-state index in [0.29, 0.717) is 25.6 Å². The van der Waals surface area contributed by atoms with Gasteiger partial charge in [-0.3, -0.25) is 9.36 Å². The zero-order valence-corrected chi connectivity index (χ0v) is 27.1. The second kappa shape index (κ2) is 12.1. The average Bonchev–Trinajstić information content (AvgIpc) is 3.58. The molecular formula is C38H30ClN3O3S. The minimum absolute atomic E-state index is 0.184. The number of esters is 1. The number of aryl methyl sites for hydroxylation is 2. The van der Waals surface area contributed by atoms with E-state index in [1.807, 2.05) is 66.7 Å². The maximum absolute atomic E-state index is 14.5. The van der Waals surface area contributed by atoms with Crippen LogP contribution in [-0.4, -0.2) is 22.1 Å². The fourth-order valence-corrected chi connectivity index (χ4v) is 7.30. The molecule has 0 unspecified atom stereocenters. The number of nitrogens with zero attached hydrogens (tertiary/aromatic N) is 2. The van der Waals surface area contributed by atoms with Crippen molar-refractivity contribution in [3.05, 3.63) is 155 Å². The molecule has 1 N–H and O–H groups in total. The first-order valence-electron chi connectivity index (χ1n) is 15.1. The molecule has 0 bridgehead atoms. The Bertz CT molecular complexity index is 2330. The third-order valence-corrected chi connectivity index (χ3v) is 9.42. The molecule has 0 spiro atoms. The third kappa shape index (κ3) is 5.21. The molecule has 2 aromatic heterocycles. The lowest BCUT2D eigenvalue weighted by Crippen LogP contribution is -2.40. The van der Waals surface area contributed by atoms with Crippen LogP contribution in [0.2, 0.25) is 5.02 Å². The van der Waals surface area contributed by atoms with Gasteiger partial charge in [-0.1, -0.05) is 107 Å². The van der Waals surface area contributed by atoms with E-state index in [1.54, 1.807) is 23.6 Å². The molecule has 6 nitrogen and oxygen atoms in total. The first kappa shape index (κ1) is 29.7. The fraction of sp³-hybridized carbons (Fsp3) is 0.132. The minimum Gasteiger partial charge on any atom is -0.463 e. The normalized spacial score (nSPS) is 14.8. The highest BCUT2D eigenvalue weighted by atomic mass is 35.5. The van der Waals surface area contributed by atoms with Crippen LogP contribution < -0.4 is 14.9 Å². The number of aromatic amines is 1. The van der Waals surface area contributed by atoms with Crippen LogP contribution in [0.4, 0.5) is 0 Å². The summed E-state index contributed by atoms with van der Waals surface area (Å²) in [4.78, 5) is 37.4. The summed E-state index contributed by atoms with van der Waals surface area (Å²) in [6, 6.07) is 30.4. The summed E-state index contributed by atoms with van der Waals surface area (Å²) in [5.74, 6) is -0.520. The predicted octanol–water partition coefficient (Wildman–Crippen LogP) is 7.35. The van der Waals surface area contributed by atoms with Crippen molar-refractivity contribution in [2.45, 2.75) is 26.8 Å². The molecule has 1 atom stereocenters. The number of H-pyrrole nitrogens is 1. The Morgan fingerprint density at radius 3 is 2.33 bits per heavy atom. The van der Waals surface area contributed by atoms with Gasteiger partial charge in [0.05, 0.1) is 34.1 Å². The summed E-state index contributed by atoms with van der Waals surface area (Å²) < 4.78 is 7.71. The van der Waals surface area contributed by atoms with Crippen LogP contribution in [0.3, 0.4) is 0 Å². The zero-order chi connectivity index (χ0) is 31.9. The van der Waals surface area contributed by atoms with E-state index in [4.69, 9.17) is 21.3 Å². The molecule has 0 fully saturated rings. The van der Waals surface area contributed by atoms with Crippen LogP contribution in [0.1, 0.15) is 40.8 Å². The highest BCUT2D eigenvalue weighted by Gasteiger charge is 2.35. The van der Waals surface area contributed by atoms with Gasteiger partial charge in [-0.2, -0.15) is 0 Å². The smallest absolute Gasteiger partial charge is 0.338 e. The average molecular weight is 644 g/mol. The van der Waals surface area contributed by atoms with E-state index in [9.17, 15) is 9.59 Å². The van der Waals surface area contributed by atoms with E-state index in [0.717, 1.165) is 50.0 Å². The van der Waals surface area contributed by atoms with Gasteiger partial charge in [-0.15, -0.1) is 0 Å². The number of thiazole rings is 1. The molecule has 0 saturated carbocycles. The monoisotopic (exact) mass is 643 g/mol. The van der Waals surface area contributed by atoms with Gasteiger partial charge in [0.2, 0.25) is 0 Å². The van der Waals surface area contributed by atoms with Crippen molar-refractivity contribution in [1.29, 1.82) is 0 Å². The SMILES string of the molecule is CCOC(=O)C1=C(c2ccccc2)N=c2s/c(=C/c3c(-c4ccccc4)[nH]c4c(C)cc(C)cc34)c(=O)n2[C@H]1c1ccc(Cl)cc1. The highest BCUT2D eigenvalue weighted by Crippen LogP contribution is 2.36. The van der Waals surface area contributed by atoms with Crippen LogP contribution in [0.5, 0.6) is 0 Å². The molecule has 8 heteroatoms. The number of aromatic nitrogens is 2. The van der Waals surface area contributed by atoms with Crippen molar-refractivity contribution >= 4 is 51.6 Å². The Hall–Kier alpha value is -4.98. The maximum Gasteiger partial charge on any atom is 0.338 e. The van der Waals surface area contributed by atoms with Gasteiger partial charge in [0.25, 0.3) is 5.56 Å². The largest absolute Gasteiger partial charge is 0.463 e. The summed E-state index contributed by atoms with van der Waals surface area (Å²) in [5.41, 5.74) is 8.20. The third-order valence-electron chi connectivity index (χ3n) is 8.19. The van der Waals surface area contributed by atoms with Crippen molar-refractivity contribution in [1.82, 2.24) is 9.55 Å². The molecule has 6 aromatic rings. The predicted molar refractivity (Wildman–Crippen MR) is 186 cm³/mol. The van der Waals surface area contributed by atoms with Crippen molar-refractivity contribution in [3.8, 4) is 11.3 Å². The fourth-order valence-electron chi connectivity index (χ4n) is 6.19. The van der Waals surface area contributed by atoms with Gasteiger partial charge in [-0.05, 0) is 61.7 Å². The first-order chi connectivity index (χ1) is 22.3. The molecule has 1 aliphatic heterocycles. The lowest BCUT2D eigenvalue weighted by atomic mass is 9.93. The van der Waals surface area contributed by atoms with Gasteiger partial charge in [0.1, 0.15) is 0 Å². The molecule has 7 rings (SSSR count). The standard InChI is InChI=1S/C38H30ClN3O3S/c1-4-45-37(44)31-34(25-13-9-6-10-14-25)41-38-42(35(31)26-15-17-27(39)18-16-26)36(43)30(46-38)21-29-28-20-22(2)19-23(3)32(28)40-33(29)24-11-7-5-8-12-24/h5-21,35,40H,4H2,1-3H3/b30-21+/t35-/m0/s1. The molecule has 0 saturated heterocycles.